The lowest BCUT2D eigenvalue weighted by atomic mass is 9.77. The minimum absolute atomic E-state index is 0.00212. The highest BCUT2D eigenvalue weighted by Crippen LogP contribution is 2.57. The Bertz CT molecular complexity index is 1600. The maximum atomic E-state index is 13.5. The van der Waals surface area contributed by atoms with Gasteiger partial charge in [-0.1, -0.05) is 12.1 Å². The SMILES string of the molecule is O=CN(CCCCCN=C1CC(=O)NC1=O)c1cccc2c1C(=O)OC21c2ccc(O)cc2Oc2cc(O)ccc21. The van der Waals surface area contributed by atoms with Crippen LogP contribution in [0, 0.1) is 0 Å². The first-order valence-electron chi connectivity index (χ1n) is 13.1. The number of carbonyl (C=O) groups excluding carboxylic acids is 4. The summed E-state index contributed by atoms with van der Waals surface area (Å²) in [5.41, 5.74) is 0.946. The van der Waals surface area contributed by atoms with E-state index in [1.54, 1.807) is 30.3 Å². The van der Waals surface area contributed by atoms with Gasteiger partial charge in [-0.3, -0.25) is 24.7 Å². The predicted molar refractivity (Wildman–Crippen MR) is 145 cm³/mol. The van der Waals surface area contributed by atoms with Crippen molar-refractivity contribution in [2.45, 2.75) is 31.3 Å². The van der Waals surface area contributed by atoms with Gasteiger partial charge in [-0.05, 0) is 49.6 Å². The molecule has 1 fully saturated rings. The van der Waals surface area contributed by atoms with Crippen LogP contribution in [0.1, 0.15) is 52.7 Å². The van der Waals surface area contributed by atoms with Crippen molar-refractivity contribution in [3.05, 3.63) is 76.9 Å². The third-order valence-electron chi connectivity index (χ3n) is 7.42. The molecule has 3 aliphatic rings. The van der Waals surface area contributed by atoms with E-state index in [2.05, 4.69) is 10.3 Å². The number of amides is 3. The molecule has 0 saturated carbocycles. The minimum atomic E-state index is -1.42. The highest BCUT2D eigenvalue weighted by molar-refractivity contribution is 6.48. The van der Waals surface area contributed by atoms with Gasteiger partial charge < -0.3 is 24.6 Å². The predicted octanol–water partition coefficient (Wildman–Crippen LogP) is 3.29. The number of carbonyl (C=O) groups is 4. The molecule has 3 aromatic carbocycles. The number of anilines is 1. The number of rotatable bonds is 8. The molecule has 3 aromatic rings. The molecule has 3 aliphatic heterocycles. The fourth-order valence-electron chi connectivity index (χ4n) is 5.59. The summed E-state index contributed by atoms with van der Waals surface area (Å²) < 4.78 is 12.1. The topological polar surface area (TPSA) is 155 Å². The van der Waals surface area contributed by atoms with Crippen LogP contribution in [0.2, 0.25) is 0 Å². The Hall–Kier alpha value is -5.19. The van der Waals surface area contributed by atoms with Crippen LogP contribution in [0.4, 0.5) is 5.69 Å². The zero-order valence-electron chi connectivity index (χ0n) is 21.8. The second-order valence-corrected chi connectivity index (χ2v) is 9.98. The van der Waals surface area contributed by atoms with Gasteiger partial charge in [-0.2, -0.15) is 0 Å². The lowest BCUT2D eigenvalue weighted by molar-refractivity contribution is -0.124. The lowest BCUT2D eigenvalue weighted by Gasteiger charge is -2.36. The fourth-order valence-corrected chi connectivity index (χ4v) is 5.59. The van der Waals surface area contributed by atoms with Crippen molar-refractivity contribution in [1.29, 1.82) is 0 Å². The van der Waals surface area contributed by atoms with Crippen molar-refractivity contribution < 1.29 is 38.9 Å². The first kappa shape index (κ1) is 26.1. The van der Waals surface area contributed by atoms with Gasteiger partial charge in [-0.25, -0.2) is 4.79 Å². The molecule has 208 valence electrons. The van der Waals surface area contributed by atoms with Crippen molar-refractivity contribution >= 4 is 35.6 Å². The van der Waals surface area contributed by atoms with E-state index in [9.17, 15) is 29.4 Å². The molecule has 0 atom stereocenters. The van der Waals surface area contributed by atoms with Crippen LogP contribution in [0.25, 0.3) is 0 Å². The molecular weight excluding hydrogens is 530 g/mol. The van der Waals surface area contributed by atoms with Gasteiger partial charge in [0.05, 0.1) is 17.7 Å². The molecule has 11 nitrogen and oxygen atoms in total. The molecule has 0 radical (unpaired) electrons. The summed E-state index contributed by atoms with van der Waals surface area (Å²) in [6.07, 6.45) is 2.63. The average molecular weight is 556 g/mol. The largest absolute Gasteiger partial charge is 0.508 e. The summed E-state index contributed by atoms with van der Waals surface area (Å²) in [6, 6.07) is 14.2. The van der Waals surface area contributed by atoms with Crippen LogP contribution in [0.3, 0.4) is 0 Å². The van der Waals surface area contributed by atoms with Gasteiger partial charge >= 0.3 is 5.97 Å². The maximum Gasteiger partial charge on any atom is 0.342 e. The number of aromatic hydroxyl groups is 2. The number of benzene rings is 3. The summed E-state index contributed by atoms with van der Waals surface area (Å²) in [6.45, 7) is 0.715. The van der Waals surface area contributed by atoms with Crippen LogP contribution in [0.15, 0.2) is 59.6 Å². The van der Waals surface area contributed by atoms with Gasteiger partial charge in [0.15, 0.2) is 5.60 Å². The van der Waals surface area contributed by atoms with Crippen molar-refractivity contribution in [2.24, 2.45) is 4.99 Å². The molecule has 0 aromatic heterocycles. The molecule has 3 heterocycles. The number of fused-ring (bicyclic) bond motifs is 6. The zero-order chi connectivity index (χ0) is 28.7. The number of aliphatic imine (C=N–C) groups is 1. The van der Waals surface area contributed by atoms with E-state index in [0.29, 0.717) is 61.1 Å². The van der Waals surface area contributed by atoms with Crippen LogP contribution >= 0.6 is 0 Å². The van der Waals surface area contributed by atoms with E-state index in [0.717, 1.165) is 0 Å². The van der Waals surface area contributed by atoms with E-state index in [4.69, 9.17) is 9.47 Å². The van der Waals surface area contributed by atoms with E-state index in [1.807, 2.05) is 0 Å². The number of nitrogens with zero attached hydrogens (tertiary/aromatic N) is 2. The van der Waals surface area contributed by atoms with Crippen molar-refractivity contribution in [3.63, 3.8) is 0 Å². The minimum Gasteiger partial charge on any atom is -0.508 e. The summed E-state index contributed by atoms with van der Waals surface area (Å²) in [7, 11) is 0. The second-order valence-electron chi connectivity index (χ2n) is 9.98. The normalized spacial score (nSPS) is 17.0. The zero-order valence-corrected chi connectivity index (χ0v) is 21.8. The van der Waals surface area contributed by atoms with Gasteiger partial charge in [0.2, 0.25) is 12.3 Å². The van der Waals surface area contributed by atoms with E-state index in [-0.39, 0.29) is 46.6 Å². The molecule has 0 aliphatic carbocycles. The van der Waals surface area contributed by atoms with E-state index >= 15 is 0 Å². The average Bonchev–Trinajstić information content (AvgIpc) is 3.43. The maximum absolute atomic E-state index is 13.5. The Balaban J connectivity index is 1.28. The number of nitrogens with one attached hydrogen (secondary N) is 1. The number of phenols is 2. The molecule has 1 spiro atoms. The molecule has 11 heteroatoms. The number of ether oxygens (including phenoxy) is 2. The molecule has 0 bridgehead atoms. The summed E-state index contributed by atoms with van der Waals surface area (Å²) in [5, 5.41) is 22.4. The molecule has 41 heavy (non-hydrogen) atoms. The van der Waals surface area contributed by atoms with Gasteiger partial charge in [0.1, 0.15) is 28.7 Å². The summed E-state index contributed by atoms with van der Waals surface area (Å²) in [4.78, 5) is 54.3. The van der Waals surface area contributed by atoms with Crippen molar-refractivity contribution in [3.8, 4) is 23.0 Å². The second kappa shape index (κ2) is 10.1. The Kier molecular flexibility index (Phi) is 6.41. The Labute approximate surface area is 234 Å². The number of esters is 1. The van der Waals surface area contributed by atoms with Gasteiger partial charge in [0.25, 0.3) is 5.91 Å². The molecule has 1 saturated heterocycles. The van der Waals surface area contributed by atoms with Crippen molar-refractivity contribution in [1.82, 2.24) is 5.32 Å². The number of hydrogen-bond donors (Lipinski definition) is 3. The van der Waals surface area contributed by atoms with Crippen LogP contribution in [0.5, 0.6) is 23.0 Å². The smallest absolute Gasteiger partial charge is 0.342 e. The van der Waals surface area contributed by atoms with Crippen LogP contribution in [-0.4, -0.2) is 53.2 Å². The van der Waals surface area contributed by atoms with Crippen LogP contribution < -0.4 is 15.0 Å². The number of unbranched alkanes of at least 4 members (excludes halogenated alkanes) is 2. The third kappa shape index (κ3) is 4.35. The molecule has 6 rings (SSSR count). The first-order valence-corrected chi connectivity index (χ1v) is 13.1. The molecule has 3 N–H and O–H groups in total. The Morgan fingerprint density at radius 3 is 2.27 bits per heavy atom. The third-order valence-corrected chi connectivity index (χ3v) is 7.42. The number of hydrogen-bond acceptors (Lipinski definition) is 9. The standard InChI is InChI=1S/C30H25N3O8/c34-16-33(12-3-1-2-11-31-22-15-26(37)32-28(22)38)23-6-4-5-21-27(23)29(39)41-30(21)19-9-7-17(35)13-24(19)40-25-14-18(36)8-10-20(25)30/h4-10,13-14,16,35-36H,1-3,11-12,15H2,(H,32,37,38). The Morgan fingerprint density at radius 2 is 1.63 bits per heavy atom. The number of phenolic OH excluding ortho intramolecular Hbond substituents is 2. The lowest BCUT2D eigenvalue weighted by Crippen LogP contribution is -2.33. The summed E-state index contributed by atoms with van der Waals surface area (Å²) >= 11 is 0. The summed E-state index contributed by atoms with van der Waals surface area (Å²) in [5.74, 6) is -0.974. The van der Waals surface area contributed by atoms with Crippen LogP contribution in [-0.2, 0) is 24.7 Å². The molecule has 3 amide bonds. The number of imide groups is 1. The quantitative estimate of drug-likeness (QED) is 0.166. The van der Waals surface area contributed by atoms with Gasteiger partial charge in [0, 0.05) is 41.9 Å². The highest BCUT2D eigenvalue weighted by Gasteiger charge is 2.54. The van der Waals surface area contributed by atoms with E-state index in [1.165, 1.54) is 29.2 Å². The van der Waals surface area contributed by atoms with E-state index < -0.39 is 17.5 Å². The van der Waals surface area contributed by atoms with Gasteiger partial charge in [-0.15, -0.1) is 0 Å². The van der Waals surface area contributed by atoms with Crippen molar-refractivity contribution in [2.75, 3.05) is 18.0 Å². The molecular formula is C30H25N3O8. The monoisotopic (exact) mass is 555 g/mol. The fraction of sp³-hybridized carbons (Fsp3) is 0.233. The highest BCUT2D eigenvalue weighted by atomic mass is 16.6. The first-order chi connectivity index (χ1) is 19.8. The Morgan fingerprint density at radius 1 is 0.927 bits per heavy atom. The molecule has 0 unspecified atom stereocenters.